The predicted octanol–water partition coefficient (Wildman–Crippen LogP) is 6.42. The van der Waals surface area contributed by atoms with Gasteiger partial charge in [-0.2, -0.15) is 0 Å². The third kappa shape index (κ3) is 7.15. The summed E-state index contributed by atoms with van der Waals surface area (Å²) >= 11 is 0. The van der Waals surface area contributed by atoms with E-state index in [-0.39, 0.29) is 18.0 Å². The van der Waals surface area contributed by atoms with E-state index >= 15 is 0 Å². The molecule has 1 atom stereocenters. The molecule has 0 aromatic heterocycles. The first-order valence-corrected chi connectivity index (χ1v) is 13.3. The van der Waals surface area contributed by atoms with Crippen molar-refractivity contribution in [2.24, 2.45) is 0 Å². The Hall–Kier alpha value is -3.28. The molecule has 5 heteroatoms. The van der Waals surface area contributed by atoms with Crippen molar-refractivity contribution in [1.82, 2.24) is 4.90 Å². The van der Waals surface area contributed by atoms with Crippen LogP contribution in [0.25, 0.3) is 0 Å². The van der Waals surface area contributed by atoms with Gasteiger partial charge in [-0.05, 0) is 68.0 Å². The molecule has 0 saturated carbocycles. The Morgan fingerprint density at radius 3 is 2.08 bits per heavy atom. The number of ether oxygens (including phenoxy) is 1. The zero-order valence-electron chi connectivity index (χ0n) is 21.8. The zero-order valence-corrected chi connectivity index (χ0v) is 21.8. The Labute approximate surface area is 220 Å². The lowest BCUT2D eigenvalue weighted by molar-refractivity contribution is -0.138. The van der Waals surface area contributed by atoms with E-state index in [9.17, 15) is 14.7 Å². The van der Waals surface area contributed by atoms with Gasteiger partial charge >= 0.3 is 5.97 Å². The number of rotatable bonds is 11. The second-order valence-corrected chi connectivity index (χ2v) is 10.0. The Kier molecular flexibility index (Phi) is 9.26. The van der Waals surface area contributed by atoms with Gasteiger partial charge in [0.2, 0.25) is 0 Å². The van der Waals surface area contributed by atoms with Crippen molar-refractivity contribution < 1.29 is 19.4 Å². The second kappa shape index (κ2) is 12.8. The van der Waals surface area contributed by atoms with Gasteiger partial charge in [0.1, 0.15) is 6.10 Å². The minimum atomic E-state index is -0.855. The lowest BCUT2D eigenvalue weighted by Crippen LogP contribution is -2.38. The predicted molar refractivity (Wildman–Crippen MR) is 146 cm³/mol. The van der Waals surface area contributed by atoms with Crippen LogP contribution < -0.4 is 0 Å². The number of piperidine rings is 1. The van der Waals surface area contributed by atoms with Crippen molar-refractivity contribution in [2.45, 2.75) is 57.7 Å². The molecule has 3 aromatic rings. The summed E-state index contributed by atoms with van der Waals surface area (Å²) < 4.78 is 6.65. The fourth-order valence-corrected chi connectivity index (χ4v) is 5.14. The first-order valence-electron chi connectivity index (χ1n) is 13.3. The molecule has 194 valence electrons. The maximum Gasteiger partial charge on any atom is 0.310 e. The van der Waals surface area contributed by atoms with E-state index in [1.54, 1.807) is 19.1 Å². The topological polar surface area (TPSA) is 66.8 Å². The highest BCUT2D eigenvalue weighted by Crippen LogP contribution is 2.30. The maximum atomic E-state index is 12.7. The van der Waals surface area contributed by atoms with Crippen LogP contribution in [0.2, 0.25) is 0 Å². The Balaban J connectivity index is 1.25. The molecule has 37 heavy (non-hydrogen) atoms. The Bertz CT molecular complexity index is 1130. The number of Topliss-reactive ketones (excluding diaryl/α,β-unsaturated/α-hetero) is 1. The van der Waals surface area contributed by atoms with E-state index in [4.69, 9.17) is 4.74 Å². The molecule has 0 amide bonds. The maximum absolute atomic E-state index is 12.7. The molecule has 1 aliphatic heterocycles. The molecule has 3 aromatic carbocycles. The number of hydrogen-bond donors (Lipinski definition) is 1. The average molecular weight is 500 g/mol. The molecule has 5 nitrogen and oxygen atoms in total. The fourth-order valence-electron chi connectivity index (χ4n) is 5.14. The molecule has 0 bridgehead atoms. The molecule has 0 spiro atoms. The summed E-state index contributed by atoms with van der Waals surface area (Å²) in [6.45, 7) is 6.38. The van der Waals surface area contributed by atoms with Crippen molar-refractivity contribution in [3.63, 3.8) is 0 Å². The van der Waals surface area contributed by atoms with Crippen LogP contribution in [-0.2, 0) is 9.53 Å². The van der Waals surface area contributed by atoms with E-state index < -0.39 is 11.9 Å². The highest BCUT2D eigenvalue weighted by atomic mass is 16.5. The largest absolute Gasteiger partial charge is 0.481 e. The van der Waals surface area contributed by atoms with Crippen LogP contribution in [0.15, 0.2) is 78.9 Å². The molecule has 0 aliphatic carbocycles. The van der Waals surface area contributed by atoms with Gasteiger partial charge in [-0.3, -0.25) is 9.59 Å². The molecule has 1 unspecified atom stereocenters. The highest BCUT2D eigenvalue weighted by molar-refractivity contribution is 5.96. The van der Waals surface area contributed by atoms with Crippen molar-refractivity contribution >= 4 is 11.8 Å². The number of aryl methyl sites for hydroxylation is 1. The summed E-state index contributed by atoms with van der Waals surface area (Å²) in [4.78, 5) is 26.5. The minimum Gasteiger partial charge on any atom is -0.481 e. The third-order valence-electron chi connectivity index (χ3n) is 7.37. The first kappa shape index (κ1) is 26.8. The average Bonchev–Trinajstić information content (AvgIpc) is 2.93. The van der Waals surface area contributed by atoms with Crippen LogP contribution in [0.1, 0.15) is 77.2 Å². The molecular weight excluding hydrogens is 462 g/mol. The molecule has 4 rings (SSSR count). The molecular formula is C32H37NO4. The third-order valence-corrected chi connectivity index (χ3v) is 7.37. The van der Waals surface area contributed by atoms with Gasteiger partial charge in [0.15, 0.2) is 5.78 Å². The van der Waals surface area contributed by atoms with Crippen LogP contribution >= 0.6 is 0 Å². The molecule has 1 saturated heterocycles. The standard InChI is InChI=1S/C32H37NO4/c1-23-22-27(15-16-29(23)24(2)32(35)36)30(34)14-9-19-33-20-17-28(18-21-33)37-31(25-10-5-3-6-11-25)26-12-7-4-8-13-26/h3-8,10-13,15-16,22,24,28,31H,9,14,17-21H2,1-2H3,(H,35,36). The summed E-state index contributed by atoms with van der Waals surface area (Å²) in [6.07, 6.45) is 3.41. The van der Waals surface area contributed by atoms with Crippen molar-refractivity contribution in [3.05, 3.63) is 107 Å². The van der Waals surface area contributed by atoms with Crippen molar-refractivity contribution in [1.29, 1.82) is 0 Å². The minimum absolute atomic E-state index is 0.0649. The summed E-state index contributed by atoms with van der Waals surface area (Å²) in [5, 5.41) is 9.26. The number of carboxylic acid groups (broad SMARTS) is 1. The number of benzene rings is 3. The molecule has 0 radical (unpaired) electrons. The van der Waals surface area contributed by atoms with Crippen LogP contribution in [-0.4, -0.2) is 47.5 Å². The summed E-state index contributed by atoms with van der Waals surface area (Å²) in [5.41, 5.74) is 4.63. The number of carboxylic acids is 1. The summed E-state index contributed by atoms with van der Waals surface area (Å²) in [5.74, 6) is -1.32. The van der Waals surface area contributed by atoms with Crippen LogP contribution in [0.3, 0.4) is 0 Å². The van der Waals surface area contributed by atoms with Gasteiger partial charge in [-0.15, -0.1) is 0 Å². The summed E-state index contributed by atoms with van der Waals surface area (Å²) in [7, 11) is 0. The first-order chi connectivity index (χ1) is 17.9. The molecule has 1 aliphatic rings. The van der Waals surface area contributed by atoms with E-state index in [0.29, 0.717) is 12.0 Å². The van der Waals surface area contributed by atoms with Crippen LogP contribution in [0.5, 0.6) is 0 Å². The molecule has 1 N–H and O–H groups in total. The Morgan fingerprint density at radius 1 is 0.946 bits per heavy atom. The van der Waals surface area contributed by atoms with Gasteiger partial charge in [0, 0.05) is 25.1 Å². The molecule has 1 fully saturated rings. The van der Waals surface area contributed by atoms with E-state index in [1.807, 2.05) is 25.1 Å². The number of carbonyl (C=O) groups excluding carboxylic acids is 1. The van der Waals surface area contributed by atoms with Crippen molar-refractivity contribution in [3.8, 4) is 0 Å². The van der Waals surface area contributed by atoms with Crippen LogP contribution in [0, 0.1) is 6.92 Å². The monoisotopic (exact) mass is 499 g/mol. The van der Waals surface area contributed by atoms with Gasteiger partial charge in [-0.25, -0.2) is 0 Å². The van der Waals surface area contributed by atoms with Gasteiger partial charge in [0.05, 0.1) is 12.0 Å². The lowest BCUT2D eigenvalue weighted by Gasteiger charge is -2.34. The SMILES string of the molecule is Cc1cc(C(=O)CCCN2CCC(OC(c3ccccc3)c3ccccc3)CC2)ccc1C(C)C(=O)O. The number of ketones is 1. The zero-order chi connectivity index (χ0) is 26.2. The number of likely N-dealkylation sites (tertiary alicyclic amines) is 1. The smallest absolute Gasteiger partial charge is 0.310 e. The summed E-state index contributed by atoms with van der Waals surface area (Å²) in [6, 6.07) is 26.2. The van der Waals surface area contributed by atoms with Gasteiger partial charge in [-0.1, -0.05) is 72.8 Å². The molecule has 1 heterocycles. The quantitative estimate of drug-likeness (QED) is 0.309. The van der Waals surface area contributed by atoms with E-state index in [2.05, 4.69) is 53.4 Å². The highest BCUT2D eigenvalue weighted by Gasteiger charge is 2.25. The Morgan fingerprint density at radius 2 is 1.54 bits per heavy atom. The normalized spacial score (nSPS) is 15.5. The number of aliphatic carboxylic acids is 1. The fraction of sp³-hybridized carbons (Fsp3) is 0.375. The number of hydrogen-bond acceptors (Lipinski definition) is 4. The number of carbonyl (C=O) groups is 2. The van der Waals surface area contributed by atoms with Crippen molar-refractivity contribution in [2.75, 3.05) is 19.6 Å². The van der Waals surface area contributed by atoms with E-state index in [1.165, 1.54) is 11.1 Å². The van der Waals surface area contributed by atoms with E-state index in [0.717, 1.165) is 50.0 Å². The van der Waals surface area contributed by atoms with Gasteiger partial charge < -0.3 is 14.7 Å². The lowest BCUT2D eigenvalue weighted by atomic mass is 9.93. The second-order valence-electron chi connectivity index (χ2n) is 10.0. The van der Waals surface area contributed by atoms with Gasteiger partial charge in [0.25, 0.3) is 0 Å². The number of nitrogens with zero attached hydrogens (tertiary/aromatic N) is 1. The van der Waals surface area contributed by atoms with Crippen LogP contribution in [0.4, 0.5) is 0 Å².